The van der Waals surface area contributed by atoms with Crippen LogP contribution >= 0.6 is 15.9 Å². The van der Waals surface area contributed by atoms with Crippen LogP contribution in [-0.2, 0) is 4.79 Å². The summed E-state index contributed by atoms with van der Waals surface area (Å²) in [5, 5.41) is 0. The average Bonchev–Trinajstić information content (AvgIpc) is 1.94. The summed E-state index contributed by atoms with van der Waals surface area (Å²) in [4.78, 5) is 11.4. The van der Waals surface area contributed by atoms with Gasteiger partial charge in [0.2, 0.25) is 0 Å². The van der Waals surface area contributed by atoms with Crippen LogP contribution in [-0.4, -0.2) is 10.1 Å². The van der Waals surface area contributed by atoms with Crippen molar-refractivity contribution in [3.63, 3.8) is 0 Å². The molecule has 0 amide bonds. The maximum Gasteiger partial charge on any atom is 0.130 e. The van der Waals surface area contributed by atoms with Gasteiger partial charge in [-0.05, 0) is 62.7 Å². The monoisotopic (exact) mass is 270 g/mol. The van der Waals surface area contributed by atoms with Gasteiger partial charge in [0.05, 0.1) is 0 Å². The van der Waals surface area contributed by atoms with E-state index in [1.54, 1.807) is 6.92 Å². The summed E-state index contributed by atoms with van der Waals surface area (Å²) in [6.45, 7) is 1.76. The van der Waals surface area contributed by atoms with Crippen LogP contribution in [0, 0.1) is 17.3 Å². The van der Waals surface area contributed by atoms with E-state index >= 15 is 0 Å². The number of ketones is 1. The molecule has 0 aromatic rings. The minimum atomic E-state index is 0.388. The highest BCUT2D eigenvalue weighted by Gasteiger charge is 2.56. The van der Waals surface area contributed by atoms with E-state index in [2.05, 4.69) is 15.9 Å². The zero-order valence-electron chi connectivity index (χ0n) is 9.39. The molecule has 4 fully saturated rings. The van der Waals surface area contributed by atoms with Gasteiger partial charge in [0, 0.05) is 10.7 Å². The molecular weight excluding hydrogens is 252 g/mol. The van der Waals surface area contributed by atoms with E-state index in [1.165, 1.54) is 38.5 Å². The molecule has 2 heteroatoms. The lowest BCUT2D eigenvalue weighted by Gasteiger charge is -2.60. The summed E-state index contributed by atoms with van der Waals surface area (Å²) < 4.78 is 0.409. The van der Waals surface area contributed by atoms with E-state index in [1.807, 2.05) is 0 Å². The molecule has 0 heterocycles. The fraction of sp³-hybridized carbons (Fsp3) is 0.923. The maximum atomic E-state index is 11.4. The Bertz CT molecular complexity index is 296. The summed E-state index contributed by atoms with van der Waals surface area (Å²) in [6.07, 6.45) is 8.92. The van der Waals surface area contributed by atoms with Crippen molar-refractivity contribution in [3.8, 4) is 0 Å². The predicted molar refractivity (Wildman–Crippen MR) is 64.1 cm³/mol. The lowest BCUT2D eigenvalue weighted by atomic mass is 9.48. The number of alkyl halides is 1. The largest absolute Gasteiger partial charge is 0.300 e. The number of carbonyl (C=O) groups excluding carboxylic acids is 1. The molecule has 4 aliphatic carbocycles. The van der Waals surface area contributed by atoms with Crippen molar-refractivity contribution in [2.45, 2.75) is 56.2 Å². The number of hydrogen-bond donors (Lipinski definition) is 0. The van der Waals surface area contributed by atoms with Crippen LogP contribution in [0.4, 0.5) is 0 Å². The fourth-order valence-corrected chi connectivity index (χ4v) is 6.58. The molecule has 4 aliphatic rings. The first-order chi connectivity index (χ1) is 6.99. The molecule has 0 spiro atoms. The van der Waals surface area contributed by atoms with Crippen LogP contribution < -0.4 is 0 Å². The molecule has 4 saturated carbocycles. The summed E-state index contributed by atoms with van der Waals surface area (Å²) in [6, 6.07) is 0. The molecule has 4 rings (SSSR count). The summed E-state index contributed by atoms with van der Waals surface area (Å²) >= 11 is 3.97. The standard InChI is InChI=1S/C13H19BrO/c1-9(15)3-12-4-10-2-11(5-12)7-13(14,6-10)8-12/h10-11H,2-8H2,1H3. The van der Waals surface area contributed by atoms with Crippen molar-refractivity contribution in [2.24, 2.45) is 17.3 Å². The Balaban J connectivity index is 1.89. The second-order valence-electron chi connectivity index (χ2n) is 6.49. The van der Waals surface area contributed by atoms with Gasteiger partial charge < -0.3 is 4.79 Å². The van der Waals surface area contributed by atoms with Crippen LogP contribution in [0.15, 0.2) is 0 Å². The molecule has 2 atom stereocenters. The van der Waals surface area contributed by atoms with Crippen LogP contribution in [0.3, 0.4) is 0 Å². The van der Waals surface area contributed by atoms with E-state index in [0.29, 0.717) is 15.5 Å². The summed E-state index contributed by atoms with van der Waals surface area (Å²) in [5.74, 6) is 2.21. The quantitative estimate of drug-likeness (QED) is 0.700. The van der Waals surface area contributed by atoms with Gasteiger partial charge in [-0.3, -0.25) is 0 Å². The Kier molecular flexibility index (Phi) is 2.12. The topological polar surface area (TPSA) is 17.1 Å². The van der Waals surface area contributed by atoms with Crippen molar-refractivity contribution in [3.05, 3.63) is 0 Å². The molecule has 0 N–H and O–H groups in total. The van der Waals surface area contributed by atoms with Gasteiger partial charge in [-0.2, -0.15) is 0 Å². The van der Waals surface area contributed by atoms with E-state index in [9.17, 15) is 4.79 Å². The minimum Gasteiger partial charge on any atom is -0.300 e. The number of Topliss-reactive ketones (excluding diaryl/α,β-unsaturated/α-hetero) is 1. The molecule has 2 unspecified atom stereocenters. The van der Waals surface area contributed by atoms with Crippen LogP contribution in [0.2, 0.25) is 0 Å². The molecule has 1 nitrogen and oxygen atoms in total. The van der Waals surface area contributed by atoms with Crippen LogP contribution in [0.5, 0.6) is 0 Å². The molecule has 0 aliphatic heterocycles. The Morgan fingerprint density at radius 2 is 1.87 bits per heavy atom. The van der Waals surface area contributed by atoms with E-state index < -0.39 is 0 Å². The van der Waals surface area contributed by atoms with Crippen molar-refractivity contribution < 1.29 is 4.79 Å². The number of hydrogen-bond acceptors (Lipinski definition) is 1. The number of carbonyl (C=O) groups is 1. The third-order valence-electron chi connectivity index (χ3n) is 4.73. The van der Waals surface area contributed by atoms with Crippen molar-refractivity contribution in [2.75, 3.05) is 0 Å². The maximum absolute atomic E-state index is 11.4. The smallest absolute Gasteiger partial charge is 0.130 e. The highest BCUT2D eigenvalue weighted by atomic mass is 79.9. The summed E-state index contributed by atoms with van der Waals surface area (Å²) in [5.41, 5.74) is 0.388. The van der Waals surface area contributed by atoms with Gasteiger partial charge in [0.25, 0.3) is 0 Å². The molecule has 84 valence electrons. The molecule has 0 aromatic heterocycles. The van der Waals surface area contributed by atoms with E-state index in [-0.39, 0.29) is 0 Å². The lowest BCUT2D eigenvalue weighted by molar-refractivity contribution is -0.124. The minimum absolute atomic E-state index is 0.388. The number of rotatable bonds is 2. The average molecular weight is 271 g/mol. The molecule has 0 aromatic carbocycles. The van der Waals surface area contributed by atoms with Gasteiger partial charge in [0.1, 0.15) is 5.78 Å². The van der Waals surface area contributed by atoms with Crippen molar-refractivity contribution in [1.82, 2.24) is 0 Å². The molecular formula is C13H19BrO. The predicted octanol–water partition coefficient (Wildman–Crippen LogP) is 3.70. The van der Waals surface area contributed by atoms with Gasteiger partial charge in [-0.1, -0.05) is 15.9 Å². The van der Waals surface area contributed by atoms with Gasteiger partial charge in [0.15, 0.2) is 0 Å². The molecule has 0 radical (unpaired) electrons. The normalized spacial score (nSPS) is 52.1. The summed E-state index contributed by atoms with van der Waals surface area (Å²) in [7, 11) is 0. The first-order valence-corrected chi connectivity index (χ1v) is 6.96. The first kappa shape index (κ1) is 10.3. The fourth-order valence-electron chi connectivity index (χ4n) is 5.07. The van der Waals surface area contributed by atoms with E-state index in [4.69, 9.17) is 0 Å². The Hall–Kier alpha value is 0.150. The zero-order valence-corrected chi connectivity index (χ0v) is 11.0. The van der Waals surface area contributed by atoms with Gasteiger partial charge in [-0.15, -0.1) is 0 Å². The Labute approximate surface area is 100 Å². The van der Waals surface area contributed by atoms with Crippen LogP contribution in [0.1, 0.15) is 51.9 Å². The van der Waals surface area contributed by atoms with Gasteiger partial charge in [-0.25, -0.2) is 0 Å². The van der Waals surface area contributed by atoms with Crippen molar-refractivity contribution in [1.29, 1.82) is 0 Å². The zero-order chi connectivity index (χ0) is 10.7. The third kappa shape index (κ3) is 1.69. The SMILES string of the molecule is CC(=O)CC12CC3CC(CC(Br)(C3)C1)C2. The second-order valence-corrected chi connectivity index (χ2v) is 8.17. The van der Waals surface area contributed by atoms with Gasteiger partial charge >= 0.3 is 0 Å². The Morgan fingerprint density at radius 1 is 1.27 bits per heavy atom. The molecule has 4 bridgehead atoms. The highest BCUT2D eigenvalue weighted by molar-refractivity contribution is 9.10. The van der Waals surface area contributed by atoms with E-state index in [0.717, 1.165) is 18.3 Å². The number of halogens is 1. The Morgan fingerprint density at radius 3 is 2.33 bits per heavy atom. The van der Waals surface area contributed by atoms with Crippen molar-refractivity contribution >= 4 is 21.7 Å². The lowest BCUT2D eigenvalue weighted by Crippen LogP contribution is -2.53. The third-order valence-corrected chi connectivity index (χ3v) is 5.66. The first-order valence-electron chi connectivity index (χ1n) is 6.17. The molecule has 0 saturated heterocycles. The highest BCUT2D eigenvalue weighted by Crippen LogP contribution is 2.65. The molecule has 15 heavy (non-hydrogen) atoms. The second kappa shape index (κ2) is 3.09. The van der Waals surface area contributed by atoms with Crippen LogP contribution in [0.25, 0.3) is 0 Å².